The van der Waals surface area contributed by atoms with Crippen molar-refractivity contribution in [3.8, 4) is 0 Å². The standard InChI is InChI=1S/C18H22ClN3O5S/c1-11-6-8-21(9-7-11)17(23)16-20-22(12(2)18(24)27-3)14-10-13(19)4-5-15(14)28(16,25)26/h4-5,10-12H,6-9H2,1-3H3/t12-/m1/s1. The van der Waals surface area contributed by atoms with Crippen LogP contribution < -0.4 is 5.01 Å². The first-order valence-electron chi connectivity index (χ1n) is 8.96. The van der Waals surface area contributed by atoms with E-state index in [9.17, 15) is 18.0 Å². The van der Waals surface area contributed by atoms with Gasteiger partial charge in [0.15, 0.2) is 0 Å². The van der Waals surface area contributed by atoms with Crippen LogP contribution in [0.2, 0.25) is 5.02 Å². The Labute approximate surface area is 169 Å². The number of anilines is 1. The number of methoxy groups -OCH3 is 1. The summed E-state index contributed by atoms with van der Waals surface area (Å²) in [6.45, 7) is 4.54. The van der Waals surface area contributed by atoms with E-state index in [1.165, 1.54) is 42.1 Å². The first kappa shape index (κ1) is 20.6. The summed E-state index contributed by atoms with van der Waals surface area (Å²) in [7, 11) is -2.93. The molecule has 10 heteroatoms. The molecule has 0 unspecified atom stereocenters. The summed E-state index contributed by atoms with van der Waals surface area (Å²) in [5.41, 5.74) is 0.134. The first-order chi connectivity index (χ1) is 13.2. The number of rotatable bonds is 3. The smallest absolute Gasteiger partial charge is 0.330 e. The molecule has 2 aliphatic rings. The van der Waals surface area contributed by atoms with Crippen LogP contribution in [0.15, 0.2) is 28.2 Å². The Kier molecular flexibility index (Phi) is 5.67. The molecule has 28 heavy (non-hydrogen) atoms. The van der Waals surface area contributed by atoms with Gasteiger partial charge in [0.1, 0.15) is 6.04 Å². The van der Waals surface area contributed by atoms with Crippen LogP contribution in [0.4, 0.5) is 5.69 Å². The van der Waals surface area contributed by atoms with Crippen LogP contribution in [0.1, 0.15) is 26.7 Å². The molecule has 2 heterocycles. The molecular weight excluding hydrogens is 406 g/mol. The van der Waals surface area contributed by atoms with Gasteiger partial charge in [-0.15, -0.1) is 0 Å². The monoisotopic (exact) mass is 427 g/mol. The lowest BCUT2D eigenvalue weighted by atomic mass is 9.99. The summed E-state index contributed by atoms with van der Waals surface area (Å²) in [5.74, 6) is -0.796. The second-order valence-electron chi connectivity index (χ2n) is 7.04. The van der Waals surface area contributed by atoms with Gasteiger partial charge in [0.25, 0.3) is 5.91 Å². The number of carbonyl (C=O) groups excluding carboxylic acids is 2. The zero-order chi connectivity index (χ0) is 20.6. The number of esters is 1. The number of hydrazone groups is 1. The maximum Gasteiger partial charge on any atom is 0.330 e. The highest BCUT2D eigenvalue weighted by molar-refractivity contribution is 8.08. The lowest BCUT2D eigenvalue weighted by Gasteiger charge is -2.34. The fourth-order valence-corrected chi connectivity index (χ4v) is 4.88. The van der Waals surface area contributed by atoms with Crippen molar-refractivity contribution in [2.75, 3.05) is 25.2 Å². The van der Waals surface area contributed by atoms with Gasteiger partial charge in [0.05, 0.1) is 17.7 Å². The second-order valence-corrected chi connectivity index (χ2v) is 9.31. The summed E-state index contributed by atoms with van der Waals surface area (Å²) >= 11 is 6.03. The molecule has 0 saturated carbocycles. The molecule has 1 atom stereocenters. The number of piperidine rings is 1. The van der Waals surface area contributed by atoms with E-state index in [-0.39, 0.29) is 15.6 Å². The van der Waals surface area contributed by atoms with Gasteiger partial charge < -0.3 is 9.64 Å². The highest BCUT2D eigenvalue weighted by atomic mass is 35.5. The molecule has 0 radical (unpaired) electrons. The fraction of sp³-hybridized carbons (Fsp3) is 0.500. The number of benzene rings is 1. The van der Waals surface area contributed by atoms with Crippen molar-refractivity contribution in [1.29, 1.82) is 0 Å². The van der Waals surface area contributed by atoms with Gasteiger partial charge in [-0.3, -0.25) is 4.79 Å². The lowest BCUT2D eigenvalue weighted by Crippen LogP contribution is -2.48. The van der Waals surface area contributed by atoms with Crippen LogP contribution in [0.5, 0.6) is 0 Å². The van der Waals surface area contributed by atoms with Crippen molar-refractivity contribution in [2.24, 2.45) is 11.0 Å². The van der Waals surface area contributed by atoms with Crippen LogP contribution in [-0.4, -0.2) is 56.5 Å². The number of sulfone groups is 1. The number of carbonyl (C=O) groups is 2. The third-order valence-corrected chi connectivity index (χ3v) is 7.00. The van der Waals surface area contributed by atoms with Gasteiger partial charge in [-0.1, -0.05) is 18.5 Å². The number of amides is 1. The molecule has 0 bridgehead atoms. The van der Waals surface area contributed by atoms with Crippen molar-refractivity contribution in [3.05, 3.63) is 23.2 Å². The van der Waals surface area contributed by atoms with Crippen molar-refractivity contribution < 1.29 is 22.7 Å². The van der Waals surface area contributed by atoms with Gasteiger partial charge in [-0.25, -0.2) is 18.2 Å². The molecule has 3 rings (SSSR count). The van der Waals surface area contributed by atoms with E-state index in [2.05, 4.69) is 12.0 Å². The number of ether oxygens (including phenoxy) is 1. The number of halogens is 1. The lowest BCUT2D eigenvalue weighted by molar-refractivity contribution is -0.141. The molecule has 8 nitrogen and oxygen atoms in total. The third kappa shape index (κ3) is 3.60. The minimum absolute atomic E-state index is 0.114. The van der Waals surface area contributed by atoms with Crippen LogP contribution in [0.3, 0.4) is 0 Å². The SMILES string of the molecule is COC(=O)[C@@H](C)N1N=C(C(=O)N2CCC(C)CC2)S(=O)(=O)c2ccc(Cl)cc21. The molecule has 1 saturated heterocycles. The Hall–Kier alpha value is -2.13. The summed E-state index contributed by atoms with van der Waals surface area (Å²) < 4.78 is 31.0. The number of fused-ring (bicyclic) bond motifs is 1. The molecular formula is C18H22ClN3O5S. The highest BCUT2D eigenvalue weighted by Crippen LogP contribution is 2.36. The molecule has 0 spiro atoms. The van der Waals surface area contributed by atoms with Crippen molar-refractivity contribution in [2.45, 2.75) is 37.6 Å². The van der Waals surface area contributed by atoms with Crippen molar-refractivity contribution in [1.82, 2.24) is 4.90 Å². The molecule has 1 aromatic carbocycles. The van der Waals surface area contributed by atoms with Crippen LogP contribution in [0, 0.1) is 5.92 Å². The van der Waals surface area contributed by atoms with Crippen molar-refractivity contribution in [3.63, 3.8) is 0 Å². The van der Waals surface area contributed by atoms with E-state index >= 15 is 0 Å². The van der Waals surface area contributed by atoms with E-state index in [4.69, 9.17) is 16.3 Å². The van der Waals surface area contributed by atoms with E-state index in [1.54, 1.807) is 0 Å². The zero-order valence-corrected chi connectivity index (χ0v) is 17.5. The van der Waals surface area contributed by atoms with Crippen LogP contribution >= 0.6 is 11.6 Å². The molecule has 1 aromatic rings. The minimum Gasteiger partial charge on any atom is -0.467 e. The maximum absolute atomic E-state index is 13.1. The fourth-order valence-electron chi connectivity index (χ4n) is 3.28. The van der Waals surface area contributed by atoms with E-state index in [1.807, 2.05) is 0 Å². The first-order valence-corrected chi connectivity index (χ1v) is 10.8. The summed E-state index contributed by atoms with van der Waals surface area (Å²) in [6.07, 6.45) is 1.60. The Morgan fingerprint density at radius 3 is 2.54 bits per heavy atom. The third-order valence-electron chi connectivity index (χ3n) is 5.07. The minimum atomic E-state index is -4.15. The Balaban J connectivity index is 2.08. The molecule has 1 amide bonds. The predicted molar refractivity (Wildman–Crippen MR) is 105 cm³/mol. The molecule has 2 aliphatic heterocycles. The Bertz CT molecular complexity index is 939. The number of nitrogens with zero attached hydrogens (tertiary/aromatic N) is 3. The molecule has 1 fully saturated rings. The second kappa shape index (κ2) is 7.71. The molecule has 0 aromatic heterocycles. The highest BCUT2D eigenvalue weighted by Gasteiger charge is 2.42. The quantitative estimate of drug-likeness (QED) is 0.685. The number of hydrogen-bond donors (Lipinski definition) is 0. The largest absolute Gasteiger partial charge is 0.467 e. The Morgan fingerprint density at radius 2 is 1.93 bits per heavy atom. The molecule has 152 valence electrons. The normalized spacial score (nSPS) is 20.2. The summed E-state index contributed by atoms with van der Waals surface area (Å²) in [4.78, 5) is 26.5. The Morgan fingerprint density at radius 1 is 1.29 bits per heavy atom. The van der Waals surface area contributed by atoms with E-state index in [0.717, 1.165) is 12.8 Å². The average molecular weight is 428 g/mol. The maximum atomic E-state index is 13.1. The van der Waals surface area contributed by atoms with Gasteiger partial charge in [0, 0.05) is 18.1 Å². The number of hydrogen-bond acceptors (Lipinski definition) is 7. The van der Waals surface area contributed by atoms with Crippen molar-refractivity contribution >= 4 is 44.0 Å². The molecule has 0 N–H and O–H groups in total. The summed E-state index contributed by atoms with van der Waals surface area (Å²) in [5, 5.41) is 4.97. The van der Waals surface area contributed by atoms with Crippen LogP contribution in [-0.2, 0) is 24.2 Å². The predicted octanol–water partition coefficient (Wildman–Crippen LogP) is 2.07. The van der Waals surface area contributed by atoms with E-state index < -0.39 is 32.8 Å². The number of likely N-dealkylation sites (tertiary alicyclic amines) is 1. The average Bonchev–Trinajstić information content (AvgIpc) is 2.66. The van der Waals surface area contributed by atoms with Gasteiger partial charge in [0.2, 0.25) is 14.9 Å². The van der Waals surface area contributed by atoms with Gasteiger partial charge in [-0.2, -0.15) is 5.10 Å². The van der Waals surface area contributed by atoms with Gasteiger partial charge in [-0.05, 0) is 43.9 Å². The van der Waals surface area contributed by atoms with Crippen LogP contribution in [0.25, 0.3) is 0 Å². The summed E-state index contributed by atoms with van der Waals surface area (Å²) in [6, 6.07) is 3.21. The van der Waals surface area contributed by atoms with E-state index in [0.29, 0.717) is 19.0 Å². The topological polar surface area (TPSA) is 96.3 Å². The zero-order valence-electron chi connectivity index (χ0n) is 15.9. The van der Waals surface area contributed by atoms with Gasteiger partial charge >= 0.3 is 5.97 Å². The molecule has 0 aliphatic carbocycles.